The van der Waals surface area contributed by atoms with Crippen molar-refractivity contribution in [3.63, 3.8) is 0 Å². The smallest absolute Gasteiger partial charge is 0.105 e. The lowest BCUT2D eigenvalue weighted by Gasteiger charge is -2.17. The van der Waals surface area contributed by atoms with E-state index in [-0.39, 0.29) is 6.54 Å². The highest BCUT2D eigenvalue weighted by atomic mass is 16.3. The molecule has 0 amide bonds. The molecule has 1 aromatic rings. The van der Waals surface area contributed by atoms with Crippen molar-refractivity contribution in [3.05, 3.63) is 39.8 Å². The molecule has 1 rings (SSSR count). The Kier molecular flexibility index (Phi) is 4.13. The number of nitrogen functional groups attached to an aromatic ring is 1. The Bertz CT molecular complexity index is 415. The Morgan fingerprint density at radius 3 is 2.75 bits per heavy atom. The van der Waals surface area contributed by atoms with Crippen LogP contribution in [0.15, 0.2) is 23.3 Å². The molecular weight excluding hydrogens is 208 g/mol. The number of benzene rings is 1. The van der Waals surface area contributed by atoms with Crippen LogP contribution in [-0.2, 0) is 0 Å². The highest BCUT2D eigenvalue weighted by Gasteiger charge is 2.17. The minimum Gasteiger partial charge on any atom is -0.399 e. The quantitative estimate of drug-likeness (QED) is 0.308. The fourth-order valence-electron chi connectivity index (χ4n) is 1.33. The van der Waals surface area contributed by atoms with Crippen LogP contribution < -0.4 is 5.73 Å². The Morgan fingerprint density at radius 1 is 1.50 bits per heavy atom. The van der Waals surface area contributed by atoms with Crippen molar-refractivity contribution in [3.8, 4) is 0 Å². The topological polar surface area (TPSA) is 115 Å². The standard InChI is InChI=1S/C10H14N4O2/c1-6-4-7(2-3-8(6)11)10(16)9(15)5-13-14-12/h2-4,9-10,15-16H,5,11H2,1H3. The van der Waals surface area contributed by atoms with Crippen molar-refractivity contribution in [2.75, 3.05) is 12.3 Å². The molecule has 0 heterocycles. The van der Waals surface area contributed by atoms with Crippen LogP contribution in [-0.4, -0.2) is 22.9 Å². The Morgan fingerprint density at radius 2 is 2.19 bits per heavy atom. The first kappa shape index (κ1) is 12.3. The Balaban J connectivity index is 2.82. The van der Waals surface area contributed by atoms with E-state index in [1.807, 2.05) is 6.92 Å². The molecule has 0 aliphatic heterocycles. The second-order valence-corrected chi connectivity index (χ2v) is 3.54. The molecule has 4 N–H and O–H groups in total. The minimum atomic E-state index is -1.11. The normalized spacial score (nSPS) is 13.9. The maximum atomic E-state index is 9.76. The maximum Gasteiger partial charge on any atom is 0.105 e. The van der Waals surface area contributed by atoms with Crippen molar-refractivity contribution in [1.82, 2.24) is 0 Å². The van der Waals surface area contributed by atoms with Gasteiger partial charge in [0.25, 0.3) is 0 Å². The number of aliphatic hydroxyl groups is 2. The van der Waals surface area contributed by atoms with Crippen molar-refractivity contribution < 1.29 is 10.2 Å². The number of aliphatic hydroxyl groups excluding tert-OH is 2. The molecule has 0 saturated carbocycles. The van der Waals surface area contributed by atoms with E-state index in [1.165, 1.54) is 0 Å². The molecule has 86 valence electrons. The van der Waals surface area contributed by atoms with Crippen LogP contribution in [0.1, 0.15) is 17.2 Å². The summed E-state index contributed by atoms with van der Waals surface area (Å²) in [6, 6.07) is 4.99. The number of azide groups is 1. The summed E-state index contributed by atoms with van der Waals surface area (Å²) in [5.41, 5.74) is 15.7. The number of hydrogen-bond donors (Lipinski definition) is 3. The van der Waals surface area contributed by atoms with Gasteiger partial charge in [-0.15, -0.1) is 0 Å². The molecular formula is C10H14N4O2. The van der Waals surface area contributed by atoms with Crippen molar-refractivity contribution in [1.29, 1.82) is 0 Å². The van der Waals surface area contributed by atoms with Gasteiger partial charge in [-0.05, 0) is 29.6 Å². The van der Waals surface area contributed by atoms with Crippen LogP contribution in [0.3, 0.4) is 0 Å². The molecule has 2 unspecified atom stereocenters. The number of rotatable bonds is 4. The molecule has 0 spiro atoms. The van der Waals surface area contributed by atoms with Crippen LogP contribution in [0, 0.1) is 6.92 Å². The molecule has 16 heavy (non-hydrogen) atoms. The molecule has 0 saturated heterocycles. The molecule has 0 bridgehead atoms. The summed E-state index contributed by atoms with van der Waals surface area (Å²) in [7, 11) is 0. The van der Waals surface area contributed by atoms with Gasteiger partial charge in [0.15, 0.2) is 0 Å². The van der Waals surface area contributed by atoms with E-state index in [0.717, 1.165) is 5.56 Å². The third-order valence-electron chi connectivity index (χ3n) is 2.33. The van der Waals surface area contributed by atoms with Gasteiger partial charge in [-0.1, -0.05) is 17.2 Å². The summed E-state index contributed by atoms with van der Waals surface area (Å²) < 4.78 is 0. The third kappa shape index (κ3) is 2.87. The molecule has 6 heteroatoms. The maximum absolute atomic E-state index is 9.76. The zero-order valence-corrected chi connectivity index (χ0v) is 8.91. The monoisotopic (exact) mass is 222 g/mol. The van der Waals surface area contributed by atoms with E-state index in [4.69, 9.17) is 11.3 Å². The largest absolute Gasteiger partial charge is 0.399 e. The fourth-order valence-corrected chi connectivity index (χ4v) is 1.33. The lowest BCUT2D eigenvalue weighted by molar-refractivity contribution is 0.0244. The first-order chi connectivity index (χ1) is 7.56. The average molecular weight is 222 g/mol. The van der Waals surface area contributed by atoms with Gasteiger partial charge < -0.3 is 15.9 Å². The number of aryl methyl sites for hydroxylation is 1. The van der Waals surface area contributed by atoms with Gasteiger partial charge in [-0.25, -0.2) is 0 Å². The van der Waals surface area contributed by atoms with Gasteiger partial charge >= 0.3 is 0 Å². The van der Waals surface area contributed by atoms with E-state index >= 15 is 0 Å². The van der Waals surface area contributed by atoms with Crippen molar-refractivity contribution in [2.45, 2.75) is 19.1 Å². The third-order valence-corrected chi connectivity index (χ3v) is 2.33. The van der Waals surface area contributed by atoms with Crippen molar-refractivity contribution >= 4 is 5.69 Å². The van der Waals surface area contributed by atoms with E-state index in [9.17, 15) is 10.2 Å². The number of hydrogen-bond acceptors (Lipinski definition) is 4. The average Bonchev–Trinajstić information content (AvgIpc) is 2.28. The Hall–Kier alpha value is -1.75. The van der Waals surface area contributed by atoms with Gasteiger partial charge in [-0.2, -0.15) is 0 Å². The predicted molar refractivity (Wildman–Crippen MR) is 60.6 cm³/mol. The van der Waals surface area contributed by atoms with Crippen molar-refractivity contribution in [2.24, 2.45) is 5.11 Å². The van der Waals surface area contributed by atoms with E-state index in [2.05, 4.69) is 10.0 Å². The SMILES string of the molecule is Cc1cc(C(O)C(O)CN=[N+]=[N-])ccc1N. The predicted octanol–water partition coefficient (Wildman–Crippen LogP) is 1.28. The summed E-state index contributed by atoms with van der Waals surface area (Å²) in [5.74, 6) is 0. The molecule has 0 radical (unpaired) electrons. The summed E-state index contributed by atoms with van der Waals surface area (Å²) in [6.07, 6.45) is -2.19. The van der Waals surface area contributed by atoms with E-state index < -0.39 is 12.2 Å². The summed E-state index contributed by atoms with van der Waals surface area (Å²) in [4.78, 5) is 2.52. The molecule has 0 aliphatic carbocycles. The van der Waals surface area contributed by atoms with Crippen LogP contribution in [0.4, 0.5) is 5.69 Å². The van der Waals surface area contributed by atoms with Gasteiger partial charge in [0.05, 0.1) is 12.6 Å². The molecule has 1 aromatic carbocycles. The van der Waals surface area contributed by atoms with Gasteiger partial charge in [-0.3, -0.25) is 0 Å². The summed E-state index contributed by atoms with van der Waals surface area (Å²) >= 11 is 0. The van der Waals surface area contributed by atoms with Gasteiger partial charge in [0.1, 0.15) is 6.10 Å². The lowest BCUT2D eigenvalue weighted by atomic mass is 10.0. The molecule has 6 nitrogen and oxygen atoms in total. The zero-order valence-electron chi connectivity index (χ0n) is 8.91. The highest BCUT2D eigenvalue weighted by Crippen LogP contribution is 2.21. The minimum absolute atomic E-state index is 0.166. The lowest BCUT2D eigenvalue weighted by Crippen LogP contribution is -2.21. The van der Waals surface area contributed by atoms with Gasteiger partial charge in [0.2, 0.25) is 0 Å². The molecule has 0 fully saturated rings. The fraction of sp³-hybridized carbons (Fsp3) is 0.400. The first-order valence-electron chi connectivity index (χ1n) is 4.79. The highest BCUT2D eigenvalue weighted by molar-refractivity contribution is 5.48. The van der Waals surface area contributed by atoms with Crippen LogP contribution >= 0.6 is 0 Å². The Labute approximate surface area is 93.0 Å². The first-order valence-corrected chi connectivity index (χ1v) is 4.79. The molecule has 0 aromatic heterocycles. The number of nitrogens with two attached hydrogens (primary N) is 1. The van der Waals surface area contributed by atoms with Crippen LogP contribution in [0.25, 0.3) is 10.4 Å². The van der Waals surface area contributed by atoms with E-state index in [0.29, 0.717) is 11.3 Å². The molecule has 2 atom stereocenters. The second kappa shape index (κ2) is 5.37. The number of nitrogens with zero attached hydrogens (tertiary/aromatic N) is 3. The van der Waals surface area contributed by atoms with E-state index in [1.54, 1.807) is 18.2 Å². The second-order valence-electron chi connectivity index (χ2n) is 3.54. The van der Waals surface area contributed by atoms with Crippen LogP contribution in [0.2, 0.25) is 0 Å². The van der Waals surface area contributed by atoms with Gasteiger partial charge in [0, 0.05) is 10.6 Å². The summed E-state index contributed by atoms with van der Waals surface area (Å²) in [5, 5.41) is 22.5. The zero-order chi connectivity index (χ0) is 12.1. The number of anilines is 1. The van der Waals surface area contributed by atoms with Crippen LogP contribution in [0.5, 0.6) is 0 Å². The summed E-state index contributed by atoms with van der Waals surface area (Å²) in [6.45, 7) is 1.65. The molecule has 0 aliphatic rings.